The Kier molecular flexibility index (Phi) is 15.7. The molecule has 0 bridgehead atoms. The van der Waals surface area contributed by atoms with Crippen molar-refractivity contribution in [3.05, 3.63) is 12.2 Å². The molecule has 0 aromatic heterocycles. The van der Waals surface area contributed by atoms with Crippen LogP contribution in [-0.4, -0.2) is 23.9 Å². The number of aliphatic hydroxyl groups is 1. The molecule has 0 amide bonds. The van der Waals surface area contributed by atoms with Gasteiger partial charge in [-0.1, -0.05) is 83.3 Å². The van der Waals surface area contributed by atoms with Gasteiger partial charge in [0.2, 0.25) is 0 Å². The predicted octanol–water partition coefficient (Wildman–Crippen LogP) is 4.90. The lowest BCUT2D eigenvalue weighted by Gasteiger charge is -2.10. The highest BCUT2D eigenvalue weighted by Gasteiger charge is 2.09. The third-order valence-electron chi connectivity index (χ3n) is 3.92. The molecule has 21 heavy (non-hydrogen) atoms. The first kappa shape index (κ1) is 20.6. The van der Waals surface area contributed by atoms with Crippen LogP contribution < -0.4 is 5.73 Å². The number of allylic oxidation sites excluding steroid dienone is 1. The van der Waals surface area contributed by atoms with Gasteiger partial charge >= 0.3 is 0 Å². The minimum absolute atomic E-state index is 0.677. The molecule has 0 aliphatic heterocycles. The van der Waals surface area contributed by atoms with Gasteiger partial charge in [0.25, 0.3) is 0 Å². The third kappa shape index (κ3) is 14.3. The van der Waals surface area contributed by atoms with Gasteiger partial charge < -0.3 is 10.8 Å². The van der Waals surface area contributed by atoms with Crippen LogP contribution in [0.15, 0.2) is 12.2 Å². The molecule has 0 saturated heterocycles. The zero-order valence-electron chi connectivity index (χ0n) is 13.9. The summed E-state index contributed by atoms with van der Waals surface area (Å²) in [6.45, 7) is 1.58. The zero-order valence-corrected chi connectivity index (χ0v) is 13.9. The molecule has 2 atom stereocenters. The Labute approximate surface area is 131 Å². The van der Waals surface area contributed by atoms with Crippen molar-refractivity contribution in [1.29, 1.82) is 0 Å². The number of aliphatic hydroxyl groups excluding tert-OH is 1. The maximum Gasteiger partial charge on any atom is 0.107 e. The van der Waals surface area contributed by atoms with Crippen molar-refractivity contribution in [3.8, 4) is 0 Å². The molecule has 0 rings (SSSR count). The second-order valence-electron chi connectivity index (χ2n) is 6.06. The summed E-state index contributed by atoms with van der Waals surface area (Å²) in [5.41, 5.74) is 5.39. The van der Waals surface area contributed by atoms with Crippen LogP contribution in [0.5, 0.6) is 0 Å². The summed E-state index contributed by atoms with van der Waals surface area (Å²) in [7, 11) is 0. The van der Waals surface area contributed by atoms with Gasteiger partial charge in [-0.3, -0.25) is 0 Å². The SMILES string of the molecule is CCCCCCCCCCCCCC=C[C@@H](O)[C@H](N)CF. The van der Waals surface area contributed by atoms with Crippen LogP contribution in [0.3, 0.4) is 0 Å². The van der Waals surface area contributed by atoms with Gasteiger partial charge in [0.05, 0.1) is 12.1 Å². The summed E-state index contributed by atoms with van der Waals surface area (Å²) in [4.78, 5) is 0. The summed E-state index contributed by atoms with van der Waals surface area (Å²) < 4.78 is 12.2. The Bertz CT molecular complexity index is 233. The molecule has 126 valence electrons. The van der Waals surface area contributed by atoms with Crippen molar-refractivity contribution in [2.24, 2.45) is 5.73 Å². The number of halogens is 1. The van der Waals surface area contributed by atoms with Crippen LogP contribution in [-0.2, 0) is 0 Å². The van der Waals surface area contributed by atoms with E-state index in [1.54, 1.807) is 6.08 Å². The number of nitrogens with two attached hydrogens (primary N) is 1. The normalized spacial score (nSPS) is 14.7. The number of rotatable bonds is 15. The van der Waals surface area contributed by atoms with Gasteiger partial charge in [-0.05, 0) is 12.8 Å². The number of unbranched alkanes of at least 4 members (excludes halogenated alkanes) is 11. The molecule has 0 saturated carbocycles. The Hall–Kier alpha value is -0.410. The van der Waals surface area contributed by atoms with E-state index in [2.05, 4.69) is 6.92 Å². The lowest BCUT2D eigenvalue weighted by atomic mass is 10.0. The molecule has 0 spiro atoms. The highest BCUT2D eigenvalue weighted by molar-refractivity contribution is 4.93. The molecule has 0 fully saturated rings. The quantitative estimate of drug-likeness (QED) is 0.334. The second kappa shape index (κ2) is 16.0. The molecule has 0 unspecified atom stereocenters. The van der Waals surface area contributed by atoms with E-state index in [4.69, 9.17) is 5.73 Å². The van der Waals surface area contributed by atoms with Crippen molar-refractivity contribution in [3.63, 3.8) is 0 Å². The van der Waals surface area contributed by atoms with Gasteiger partial charge in [0.1, 0.15) is 6.67 Å². The number of alkyl halides is 1. The highest BCUT2D eigenvalue weighted by atomic mass is 19.1. The Morgan fingerprint density at radius 2 is 1.38 bits per heavy atom. The van der Waals surface area contributed by atoms with E-state index >= 15 is 0 Å². The maximum absolute atomic E-state index is 12.2. The van der Waals surface area contributed by atoms with E-state index in [9.17, 15) is 9.50 Å². The first-order chi connectivity index (χ1) is 10.2. The van der Waals surface area contributed by atoms with Crippen LogP contribution in [0.4, 0.5) is 4.39 Å². The van der Waals surface area contributed by atoms with Crippen LogP contribution in [0.2, 0.25) is 0 Å². The fourth-order valence-corrected chi connectivity index (χ4v) is 2.40. The van der Waals surface area contributed by atoms with E-state index in [0.29, 0.717) is 0 Å². The van der Waals surface area contributed by atoms with E-state index in [1.165, 1.54) is 64.2 Å². The number of hydrogen-bond donors (Lipinski definition) is 2. The lowest BCUT2D eigenvalue weighted by Crippen LogP contribution is -2.35. The molecular weight excluding hydrogens is 265 g/mol. The summed E-state index contributed by atoms with van der Waals surface area (Å²) in [5, 5.41) is 9.44. The predicted molar refractivity (Wildman–Crippen MR) is 90.2 cm³/mol. The summed E-state index contributed by atoms with van der Waals surface area (Å²) >= 11 is 0. The molecule has 0 aliphatic rings. The lowest BCUT2D eigenvalue weighted by molar-refractivity contribution is 0.174. The molecule has 0 radical (unpaired) electrons. The van der Waals surface area contributed by atoms with Crippen molar-refractivity contribution < 1.29 is 9.50 Å². The average Bonchev–Trinajstić information content (AvgIpc) is 2.50. The third-order valence-corrected chi connectivity index (χ3v) is 3.92. The average molecular weight is 301 g/mol. The van der Waals surface area contributed by atoms with Crippen molar-refractivity contribution in [2.75, 3.05) is 6.67 Å². The molecule has 0 aromatic carbocycles. The molecule has 0 aliphatic carbocycles. The van der Waals surface area contributed by atoms with Crippen molar-refractivity contribution >= 4 is 0 Å². The minimum atomic E-state index is -0.845. The fraction of sp³-hybridized carbons (Fsp3) is 0.889. The van der Waals surface area contributed by atoms with Crippen LogP contribution in [0.1, 0.15) is 84.0 Å². The monoisotopic (exact) mass is 301 g/mol. The smallest absolute Gasteiger partial charge is 0.107 e. The van der Waals surface area contributed by atoms with Gasteiger partial charge in [-0.15, -0.1) is 0 Å². The topological polar surface area (TPSA) is 46.2 Å². The molecule has 0 heterocycles. The maximum atomic E-state index is 12.2. The highest BCUT2D eigenvalue weighted by Crippen LogP contribution is 2.12. The van der Waals surface area contributed by atoms with Gasteiger partial charge in [0, 0.05) is 0 Å². The largest absolute Gasteiger partial charge is 0.387 e. The van der Waals surface area contributed by atoms with Crippen LogP contribution in [0.25, 0.3) is 0 Å². The minimum Gasteiger partial charge on any atom is -0.387 e. The molecule has 3 N–H and O–H groups in total. The van der Waals surface area contributed by atoms with E-state index in [1.807, 2.05) is 6.08 Å². The summed E-state index contributed by atoms with van der Waals surface area (Å²) in [6.07, 6.45) is 18.4. The van der Waals surface area contributed by atoms with Crippen molar-refractivity contribution in [1.82, 2.24) is 0 Å². The Morgan fingerprint density at radius 1 is 0.905 bits per heavy atom. The Balaban J connectivity index is 3.20. The molecule has 2 nitrogen and oxygen atoms in total. The summed E-state index contributed by atoms with van der Waals surface area (Å²) in [5.74, 6) is 0. The molecule has 0 aromatic rings. The van der Waals surface area contributed by atoms with Crippen LogP contribution >= 0.6 is 0 Å². The number of hydrogen-bond acceptors (Lipinski definition) is 2. The molecular formula is C18H36FNO. The first-order valence-electron chi connectivity index (χ1n) is 8.88. The fourth-order valence-electron chi connectivity index (χ4n) is 2.40. The summed E-state index contributed by atoms with van der Waals surface area (Å²) in [6, 6.07) is -0.779. The van der Waals surface area contributed by atoms with Gasteiger partial charge in [-0.25, -0.2) is 4.39 Å². The Morgan fingerprint density at radius 3 is 1.86 bits per heavy atom. The van der Waals surface area contributed by atoms with Crippen LogP contribution in [0, 0.1) is 0 Å². The first-order valence-corrected chi connectivity index (χ1v) is 8.88. The standard InChI is InChI=1S/C18H36FNO/c1-2-3-4-5-6-7-8-9-10-11-12-13-14-15-18(21)17(20)16-19/h14-15,17-18,21H,2-13,16,20H2,1H3/t17-,18-/m1/s1. The van der Waals surface area contributed by atoms with E-state index in [0.717, 1.165) is 12.8 Å². The second-order valence-corrected chi connectivity index (χ2v) is 6.06. The van der Waals surface area contributed by atoms with Gasteiger partial charge in [-0.2, -0.15) is 0 Å². The van der Waals surface area contributed by atoms with E-state index in [-0.39, 0.29) is 0 Å². The van der Waals surface area contributed by atoms with E-state index < -0.39 is 18.8 Å². The van der Waals surface area contributed by atoms with Crippen molar-refractivity contribution in [2.45, 2.75) is 96.1 Å². The zero-order chi connectivity index (χ0) is 15.8. The molecule has 3 heteroatoms. The van der Waals surface area contributed by atoms with Gasteiger partial charge in [0.15, 0.2) is 0 Å².